The van der Waals surface area contributed by atoms with E-state index >= 15 is 0 Å². The van der Waals surface area contributed by atoms with E-state index in [1.54, 1.807) is 0 Å². The van der Waals surface area contributed by atoms with Crippen LogP contribution in [0.5, 0.6) is 0 Å². The third-order valence-corrected chi connectivity index (χ3v) is 7.07. The fraction of sp³-hybridized carbons (Fsp3) is 0.562. The number of nitro groups is 1. The summed E-state index contributed by atoms with van der Waals surface area (Å²) in [5.74, 6) is 0.872. The van der Waals surface area contributed by atoms with E-state index in [1.807, 2.05) is 6.07 Å². The molecule has 2 fully saturated rings. The van der Waals surface area contributed by atoms with Crippen LogP contribution in [0.15, 0.2) is 15.0 Å². The van der Waals surface area contributed by atoms with Gasteiger partial charge in [-0.2, -0.15) is 0 Å². The zero-order valence-electron chi connectivity index (χ0n) is 14.1. The molecule has 0 amide bonds. The first-order valence-electron chi connectivity index (χ1n) is 8.58. The van der Waals surface area contributed by atoms with E-state index in [4.69, 9.17) is 4.98 Å². The fourth-order valence-electron chi connectivity index (χ4n) is 3.92. The first-order chi connectivity index (χ1) is 12.1. The zero-order valence-corrected chi connectivity index (χ0v) is 18.1. The molecule has 1 N–H and O–H groups in total. The maximum absolute atomic E-state index is 11.7. The van der Waals surface area contributed by atoms with Crippen LogP contribution in [-0.2, 0) is 0 Å². The van der Waals surface area contributed by atoms with E-state index in [1.165, 1.54) is 12.8 Å². The lowest BCUT2D eigenvalue weighted by atomic mass is 10.2. The summed E-state index contributed by atoms with van der Waals surface area (Å²) >= 11 is 6.82. The van der Waals surface area contributed by atoms with Gasteiger partial charge in [0.25, 0.3) is 0 Å². The molecule has 7 nitrogen and oxygen atoms in total. The van der Waals surface area contributed by atoms with Crippen LogP contribution in [-0.4, -0.2) is 40.7 Å². The molecule has 0 radical (unpaired) electrons. The Balaban J connectivity index is 0.00000196. The number of aromatic nitrogens is 2. The molecule has 0 atom stereocenters. The van der Waals surface area contributed by atoms with Crippen molar-refractivity contribution in [3.05, 3.63) is 25.1 Å². The average Bonchev–Trinajstić information content (AvgIpc) is 3.23. The van der Waals surface area contributed by atoms with Gasteiger partial charge in [-0.1, -0.05) is 12.8 Å². The quantitative estimate of drug-likeness (QED) is 0.490. The van der Waals surface area contributed by atoms with Crippen LogP contribution in [0.3, 0.4) is 0 Å². The van der Waals surface area contributed by atoms with Crippen LogP contribution in [0.4, 0.5) is 11.6 Å². The summed E-state index contributed by atoms with van der Waals surface area (Å²) in [5.41, 5.74) is 1.36. The molecule has 1 aromatic heterocycles. The monoisotopic (exact) mass is 507 g/mol. The van der Waals surface area contributed by atoms with E-state index in [-0.39, 0.29) is 23.0 Å². The second-order valence-electron chi connectivity index (χ2n) is 6.60. The average molecular weight is 510 g/mol. The van der Waals surface area contributed by atoms with Crippen LogP contribution < -0.4 is 10.2 Å². The van der Waals surface area contributed by atoms with Crippen LogP contribution in [0, 0.1) is 10.1 Å². The van der Waals surface area contributed by atoms with Crippen molar-refractivity contribution in [3.63, 3.8) is 0 Å². The Morgan fingerprint density at radius 2 is 1.88 bits per heavy atom. The van der Waals surface area contributed by atoms with Crippen molar-refractivity contribution >= 4 is 66.9 Å². The highest BCUT2D eigenvalue weighted by Gasteiger charge is 2.31. The van der Waals surface area contributed by atoms with Crippen molar-refractivity contribution < 1.29 is 4.92 Å². The van der Waals surface area contributed by atoms with Crippen LogP contribution in [0.25, 0.3) is 11.0 Å². The Kier molecular flexibility index (Phi) is 6.11. The lowest BCUT2D eigenvalue weighted by Crippen LogP contribution is -2.44. The number of hydrogen-bond acceptors (Lipinski definition) is 5. The maximum Gasteiger partial charge on any atom is 0.312 e. The van der Waals surface area contributed by atoms with Crippen molar-refractivity contribution in [2.24, 2.45) is 0 Å². The molecule has 1 aliphatic heterocycles. The Hall–Kier alpha value is -0.900. The number of piperazine rings is 1. The summed E-state index contributed by atoms with van der Waals surface area (Å²) in [4.78, 5) is 18.4. The van der Waals surface area contributed by atoms with Gasteiger partial charge in [-0.15, -0.1) is 12.4 Å². The standard InChI is InChI=1S/C16H19Br2N5O2.ClH/c17-11-9-12-14(15(13(11)18)23(24)25)20-16(21-7-5-19-6-8-21)22(12)10-3-1-2-4-10;/h9-10,19H,1-8H2;1H. The highest BCUT2D eigenvalue weighted by molar-refractivity contribution is 9.13. The molecule has 0 unspecified atom stereocenters. The molecule has 2 heterocycles. The van der Waals surface area contributed by atoms with Gasteiger partial charge in [-0.05, 0) is 50.8 Å². The number of nitrogens with zero attached hydrogens (tertiary/aromatic N) is 4. The first-order valence-corrected chi connectivity index (χ1v) is 10.2. The molecule has 0 bridgehead atoms. The normalized spacial score (nSPS) is 18.3. The van der Waals surface area contributed by atoms with E-state index in [0.717, 1.165) is 50.5 Å². The second-order valence-corrected chi connectivity index (χ2v) is 8.25. The van der Waals surface area contributed by atoms with Crippen molar-refractivity contribution in [3.8, 4) is 0 Å². The lowest BCUT2D eigenvalue weighted by molar-refractivity contribution is -0.384. The predicted octanol–water partition coefficient (Wildman–Crippen LogP) is 4.42. The molecule has 2 aliphatic rings. The number of nitro benzene ring substituents is 1. The number of hydrogen-bond donors (Lipinski definition) is 1. The number of fused-ring (bicyclic) bond motifs is 1. The summed E-state index contributed by atoms with van der Waals surface area (Å²) in [6.07, 6.45) is 4.61. The van der Waals surface area contributed by atoms with Crippen LogP contribution in [0.1, 0.15) is 31.7 Å². The Morgan fingerprint density at radius 1 is 1.23 bits per heavy atom. The first kappa shape index (κ1) is 19.9. The number of nitrogens with one attached hydrogen (secondary N) is 1. The number of halogens is 3. The van der Waals surface area contributed by atoms with Crippen molar-refractivity contribution in [2.45, 2.75) is 31.7 Å². The number of rotatable bonds is 3. The molecule has 10 heteroatoms. The van der Waals surface area contributed by atoms with Gasteiger partial charge in [0, 0.05) is 36.7 Å². The number of benzene rings is 1. The molecule has 26 heavy (non-hydrogen) atoms. The van der Waals surface area contributed by atoms with Gasteiger partial charge >= 0.3 is 5.69 Å². The molecule has 142 valence electrons. The van der Waals surface area contributed by atoms with E-state index in [2.05, 4.69) is 46.6 Å². The molecule has 1 aromatic carbocycles. The largest absolute Gasteiger partial charge is 0.340 e. The molecule has 1 aliphatic carbocycles. The van der Waals surface area contributed by atoms with Gasteiger partial charge in [0.2, 0.25) is 5.95 Å². The summed E-state index contributed by atoms with van der Waals surface area (Å²) in [7, 11) is 0. The smallest absolute Gasteiger partial charge is 0.312 e. The minimum absolute atomic E-state index is 0. The Labute approximate surface area is 174 Å². The topological polar surface area (TPSA) is 76.2 Å². The minimum atomic E-state index is -0.343. The number of anilines is 1. The molecule has 1 saturated carbocycles. The second kappa shape index (κ2) is 8.00. The molecule has 2 aromatic rings. The Bertz CT molecular complexity index is 832. The highest BCUT2D eigenvalue weighted by atomic mass is 79.9. The van der Waals surface area contributed by atoms with E-state index in [9.17, 15) is 10.1 Å². The Morgan fingerprint density at radius 3 is 2.50 bits per heavy atom. The van der Waals surface area contributed by atoms with Crippen molar-refractivity contribution in [1.82, 2.24) is 14.9 Å². The van der Waals surface area contributed by atoms with Crippen molar-refractivity contribution in [1.29, 1.82) is 0 Å². The SMILES string of the molecule is Cl.O=[N+]([O-])c1c(Br)c(Br)cc2c1nc(N1CCNCC1)n2C1CCCC1. The van der Waals surface area contributed by atoms with E-state index in [0.29, 0.717) is 20.5 Å². The van der Waals surface area contributed by atoms with Gasteiger partial charge in [0.15, 0.2) is 5.52 Å². The summed E-state index contributed by atoms with van der Waals surface area (Å²) in [6, 6.07) is 2.33. The van der Waals surface area contributed by atoms with E-state index < -0.39 is 0 Å². The summed E-state index contributed by atoms with van der Waals surface area (Å²) < 4.78 is 3.39. The van der Waals surface area contributed by atoms with Gasteiger partial charge < -0.3 is 14.8 Å². The summed E-state index contributed by atoms with van der Waals surface area (Å²) in [6.45, 7) is 3.55. The highest BCUT2D eigenvalue weighted by Crippen LogP contribution is 2.43. The molecule has 0 spiro atoms. The van der Waals surface area contributed by atoms with Gasteiger partial charge in [0.1, 0.15) is 4.47 Å². The van der Waals surface area contributed by atoms with Gasteiger partial charge in [-0.25, -0.2) is 4.98 Å². The van der Waals surface area contributed by atoms with Gasteiger partial charge in [0.05, 0.1) is 10.4 Å². The molecular formula is C16H20Br2ClN5O2. The minimum Gasteiger partial charge on any atom is -0.340 e. The molecular weight excluding hydrogens is 489 g/mol. The third kappa shape index (κ3) is 3.34. The number of imidazole rings is 1. The maximum atomic E-state index is 11.7. The predicted molar refractivity (Wildman–Crippen MR) is 112 cm³/mol. The van der Waals surface area contributed by atoms with Crippen LogP contribution >= 0.6 is 44.3 Å². The summed E-state index contributed by atoms with van der Waals surface area (Å²) in [5, 5.41) is 15.0. The zero-order chi connectivity index (χ0) is 17.6. The third-order valence-electron chi connectivity index (χ3n) is 5.11. The lowest BCUT2D eigenvalue weighted by Gasteiger charge is -2.30. The van der Waals surface area contributed by atoms with Crippen LogP contribution in [0.2, 0.25) is 0 Å². The van der Waals surface area contributed by atoms with Gasteiger partial charge in [-0.3, -0.25) is 10.1 Å². The molecule has 1 saturated heterocycles. The van der Waals surface area contributed by atoms with Crippen molar-refractivity contribution in [2.75, 3.05) is 31.1 Å². The fourth-order valence-corrected chi connectivity index (χ4v) is 4.77. The molecule has 4 rings (SSSR count).